The van der Waals surface area contributed by atoms with E-state index in [-0.39, 0.29) is 6.04 Å². The second-order valence-corrected chi connectivity index (χ2v) is 5.40. The van der Waals surface area contributed by atoms with Crippen molar-refractivity contribution in [1.29, 1.82) is 0 Å². The minimum absolute atomic E-state index is 0.0480. The van der Waals surface area contributed by atoms with Crippen LogP contribution in [0.1, 0.15) is 47.2 Å². The summed E-state index contributed by atoms with van der Waals surface area (Å²) in [4.78, 5) is 0. The summed E-state index contributed by atoms with van der Waals surface area (Å²) in [6.07, 6.45) is 2.30. The fourth-order valence-electron chi connectivity index (χ4n) is 2.79. The van der Waals surface area contributed by atoms with E-state index in [2.05, 4.69) is 68.7 Å². The smallest absolute Gasteiger partial charge is 0.0715 e. The number of rotatable bonds is 5. The van der Waals surface area contributed by atoms with Crippen molar-refractivity contribution in [1.82, 2.24) is 5.43 Å². The summed E-state index contributed by atoms with van der Waals surface area (Å²) in [7, 11) is 0. The Bertz CT molecular complexity index is 538. The molecule has 0 amide bonds. The lowest BCUT2D eigenvalue weighted by Gasteiger charge is -2.21. The number of aryl methyl sites for hydroxylation is 3. The SMILES string of the molecule is CCCc1ccc(C(NN)c2c(C)cccc2C)cc1. The van der Waals surface area contributed by atoms with Gasteiger partial charge in [-0.05, 0) is 48.1 Å². The summed E-state index contributed by atoms with van der Waals surface area (Å²) in [5.74, 6) is 5.82. The summed E-state index contributed by atoms with van der Waals surface area (Å²) in [5.41, 5.74) is 9.38. The monoisotopic (exact) mass is 268 g/mol. The largest absolute Gasteiger partial charge is 0.271 e. The van der Waals surface area contributed by atoms with Crippen LogP contribution >= 0.6 is 0 Å². The molecular formula is C18H24N2. The Hall–Kier alpha value is -1.64. The Morgan fingerprint density at radius 3 is 2.10 bits per heavy atom. The molecule has 0 saturated carbocycles. The summed E-state index contributed by atoms with van der Waals surface area (Å²) < 4.78 is 0. The minimum atomic E-state index is 0.0480. The van der Waals surface area contributed by atoms with Gasteiger partial charge in [0.25, 0.3) is 0 Å². The fraction of sp³-hybridized carbons (Fsp3) is 0.333. The highest BCUT2D eigenvalue weighted by Gasteiger charge is 2.16. The van der Waals surface area contributed by atoms with Gasteiger partial charge in [0.05, 0.1) is 6.04 Å². The molecule has 2 nitrogen and oxygen atoms in total. The average molecular weight is 268 g/mol. The van der Waals surface area contributed by atoms with Gasteiger partial charge in [-0.3, -0.25) is 5.84 Å². The molecule has 0 saturated heterocycles. The first-order chi connectivity index (χ1) is 9.67. The zero-order valence-corrected chi connectivity index (χ0v) is 12.6. The van der Waals surface area contributed by atoms with E-state index in [1.165, 1.54) is 34.2 Å². The standard InChI is InChI=1S/C18H24N2/c1-4-6-15-9-11-16(12-10-15)18(20-19)17-13(2)7-5-8-14(17)3/h5,7-12,18,20H,4,6,19H2,1-3H3. The van der Waals surface area contributed by atoms with Crippen molar-refractivity contribution in [2.24, 2.45) is 5.84 Å². The number of hydrazine groups is 1. The molecule has 1 atom stereocenters. The van der Waals surface area contributed by atoms with E-state index in [9.17, 15) is 0 Å². The lowest BCUT2D eigenvalue weighted by atomic mass is 9.91. The van der Waals surface area contributed by atoms with E-state index >= 15 is 0 Å². The van der Waals surface area contributed by atoms with Gasteiger partial charge < -0.3 is 0 Å². The maximum atomic E-state index is 5.82. The molecule has 20 heavy (non-hydrogen) atoms. The molecule has 0 fully saturated rings. The fourth-order valence-corrected chi connectivity index (χ4v) is 2.79. The molecule has 0 aliphatic heterocycles. The van der Waals surface area contributed by atoms with Gasteiger partial charge in [-0.25, -0.2) is 5.43 Å². The maximum Gasteiger partial charge on any atom is 0.0715 e. The van der Waals surface area contributed by atoms with Crippen LogP contribution < -0.4 is 11.3 Å². The molecule has 1 unspecified atom stereocenters. The van der Waals surface area contributed by atoms with Crippen molar-refractivity contribution < 1.29 is 0 Å². The van der Waals surface area contributed by atoms with Crippen molar-refractivity contribution >= 4 is 0 Å². The van der Waals surface area contributed by atoms with Gasteiger partial charge in [0.2, 0.25) is 0 Å². The van der Waals surface area contributed by atoms with Crippen LogP contribution in [0, 0.1) is 13.8 Å². The highest BCUT2D eigenvalue weighted by Crippen LogP contribution is 2.27. The lowest BCUT2D eigenvalue weighted by molar-refractivity contribution is 0.630. The van der Waals surface area contributed by atoms with Crippen molar-refractivity contribution in [3.8, 4) is 0 Å². The summed E-state index contributed by atoms with van der Waals surface area (Å²) in [5, 5.41) is 0. The molecule has 0 bridgehead atoms. The zero-order valence-electron chi connectivity index (χ0n) is 12.6. The van der Waals surface area contributed by atoms with Gasteiger partial charge in [-0.1, -0.05) is 55.8 Å². The molecule has 0 heterocycles. The number of nitrogens with one attached hydrogen (secondary N) is 1. The highest BCUT2D eigenvalue weighted by molar-refractivity contribution is 5.42. The van der Waals surface area contributed by atoms with Gasteiger partial charge in [0.15, 0.2) is 0 Å². The molecule has 0 radical (unpaired) electrons. The van der Waals surface area contributed by atoms with Crippen molar-refractivity contribution in [3.63, 3.8) is 0 Å². The third-order valence-corrected chi connectivity index (χ3v) is 3.85. The Kier molecular flexibility index (Phi) is 4.94. The summed E-state index contributed by atoms with van der Waals surface area (Å²) >= 11 is 0. The van der Waals surface area contributed by atoms with Gasteiger partial charge in [-0.15, -0.1) is 0 Å². The molecule has 2 rings (SSSR count). The summed E-state index contributed by atoms with van der Waals surface area (Å²) in [6.45, 7) is 6.48. The lowest BCUT2D eigenvalue weighted by Crippen LogP contribution is -2.30. The second-order valence-electron chi connectivity index (χ2n) is 5.40. The van der Waals surface area contributed by atoms with E-state index < -0.39 is 0 Å². The first kappa shape index (κ1) is 14.8. The van der Waals surface area contributed by atoms with Crippen LogP contribution in [0.25, 0.3) is 0 Å². The topological polar surface area (TPSA) is 38.0 Å². The Labute approximate surface area is 122 Å². The van der Waals surface area contributed by atoms with Crippen LogP contribution in [-0.4, -0.2) is 0 Å². The predicted octanol–water partition coefficient (Wildman–Crippen LogP) is 3.81. The molecule has 2 heteroatoms. The molecule has 0 aromatic heterocycles. The van der Waals surface area contributed by atoms with E-state index in [1.807, 2.05) is 0 Å². The van der Waals surface area contributed by atoms with Gasteiger partial charge in [0, 0.05) is 0 Å². The van der Waals surface area contributed by atoms with Crippen LogP contribution in [-0.2, 0) is 6.42 Å². The van der Waals surface area contributed by atoms with Gasteiger partial charge in [-0.2, -0.15) is 0 Å². The normalized spacial score (nSPS) is 12.4. The first-order valence-electron chi connectivity index (χ1n) is 7.28. The predicted molar refractivity (Wildman–Crippen MR) is 85.5 cm³/mol. The number of nitrogens with two attached hydrogens (primary N) is 1. The maximum absolute atomic E-state index is 5.82. The van der Waals surface area contributed by atoms with Crippen LogP contribution in [0.3, 0.4) is 0 Å². The van der Waals surface area contributed by atoms with Crippen LogP contribution in [0.15, 0.2) is 42.5 Å². The third-order valence-electron chi connectivity index (χ3n) is 3.85. The average Bonchev–Trinajstić information content (AvgIpc) is 2.45. The Morgan fingerprint density at radius 1 is 1.00 bits per heavy atom. The number of hydrogen-bond donors (Lipinski definition) is 2. The Balaban J connectivity index is 2.37. The van der Waals surface area contributed by atoms with E-state index in [4.69, 9.17) is 5.84 Å². The molecule has 2 aromatic rings. The quantitative estimate of drug-likeness (QED) is 0.639. The van der Waals surface area contributed by atoms with Crippen LogP contribution in [0.5, 0.6) is 0 Å². The van der Waals surface area contributed by atoms with Crippen LogP contribution in [0.4, 0.5) is 0 Å². The molecule has 106 valence electrons. The van der Waals surface area contributed by atoms with E-state index in [0.29, 0.717) is 0 Å². The van der Waals surface area contributed by atoms with Crippen molar-refractivity contribution in [3.05, 3.63) is 70.3 Å². The molecule has 2 aromatic carbocycles. The van der Waals surface area contributed by atoms with Crippen LogP contribution in [0.2, 0.25) is 0 Å². The van der Waals surface area contributed by atoms with Gasteiger partial charge >= 0.3 is 0 Å². The van der Waals surface area contributed by atoms with Gasteiger partial charge in [0.1, 0.15) is 0 Å². The zero-order chi connectivity index (χ0) is 14.5. The second kappa shape index (κ2) is 6.69. The minimum Gasteiger partial charge on any atom is -0.271 e. The number of hydrogen-bond acceptors (Lipinski definition) is 2. The molecule has 0 aliphatic carbocycles. The molecule has 3 N–H and O–H groups in total. The van der Waals surface area contributed by atoms with Crippen molar-refractivity contribution in [2.45, 2.75) is 39.7 Å². The third kappa shape index (κ3) is 3.09. The molecule has 0 aliphatic rings. The van der Waals surface area contributed by atoms with Crippen molar-refractivity contribution in [2.75, 3.05) is 0 Å². The highest BCUT2D eigenvalue weighted by atomic mass is 15.2. The molecule has 0 spiro atoms. The molecular weight excluding hydrogens is 244 g/mol. The number of benzene rings is 2. The first-order valence-corrected chi connectivity index (χ1v) is 7.28. The van der Waals surface area contributed by atoms with E-state index in [1.54, 1.807) is 0 Å². The van der Waals surface area contributed by atoms with E-state index in [0.717, 1.165) is 6.42 Å². The Morgan fingerprint density at radius 2 is 1.60 bits per heavy atom. The summed E-state index contributed by atoms with van der Waals surface area (Å²) in [6, 6.07) is 15.2.